The number of phenolic OH excluding ortho intramolecular Hbond substituents is 1. The molecule has 2 fully saturated rings. The van der Waals surface area contributed by atoms with Crippen molar-refractivity contribution in [1.82, 2.24) is 0 Å². The SMILES string of the molecule is CCC/C(=C\c1ccccc1O)CC[C@H]1OC[C@H]2C1=C(COc1ccccc1)C[C@H]1C(=O)N(c3cccc([N+](=O)[O-])c3)C(=O)[C@H]12. The molecule has 0 radical (unpaired) electrons. The van der Waals surface area contributed by atoms with E-state index >= 15 is 0 Å². The molecule has 2 heterocycles. The number of imide groups is 1. The van der Waals surface area contributed by atoms with Gasteiger partial charge in [0.15, 0.2) is 0 Å². The van der Waals surface area contributed by atoms with Crippen LogP contribution >= 0.6 is 0 Å². The standard InChI is InChI=1S/C36H36N2O7/c1-2-9-23(18-24-10-6-7-15-31(24)39)16-17-32-33-25(21-44-28-13-4-3-5-14-28)19-29-34(30(33)22-45-32)36(41)37(35(29)40)26-11-8-12-27(20-26)38(42)43/h3-8,10-15,18,20,29-30,32,34,39H,2,9,16-17,19,21-22H2,1H3/b23-18+/t29-,30+,32-,34-/m1/s1. The van der Waals surface area contributed by atoms with Gasteiger partial charge in [0.1, 0.15) is 18.1 Å². The van der Waals surface area contributed by atoms with Crippen molar-refractivity contribution < 1.29 is 29.1 Å². The molecular weight excluding hydrogens is 572 g/mol. The number of phenols is 1. The van der Waals surface area contributed by atoms with Crippen molar-refractivity contribution in [2.45, 2.75) is 45.1 Å². The van der Waals surface area contributed by atoms with Crippen molar-refractivity contribution in [3.8, 4) is 11.5 Å². The van der Waals surface area contributed by atoms with Crippen LogP contribution in [-0.2, 0) is 14.3 Å². The van der Waals surface area contributed by atoms with Gasteiger partial charge in [0.05, 0.1) is 35.2 Å². The van der Waals surface area contributed by atoms with E-state index in [2.05, 4.69) is 6.92 Å². The van der Waals surface area contributed by atoms with E-state index in [4.69, 9.17) is 9.47 Å². The Hall–Kier alpha value is -4.76. The van der Waals surface area contributed by atoms with Crippen LogP contribution in [-0.4, -0.2) is 41.2 Å². The number of nitrogens with zero attached hydrogens (tertiary/aromatic N) is 2. The predicted molar refractivity (Wildman–Crippen MR) is 170 cm³/mol. The number of amides is 2. The highest BCUT2D eigenvalue weighted by Crippen LogP contribution is 2.51. The summed E-state index contributed by atoms with van der Waals surface area (Å²) in [5.41, 5.74) is 4.02. The van der Waals surface area contributed by atoms with E-state index in [0.29, 0.717) is 25.2 Å². The molecule has 3 aliphatic rings. The summed E-state index contributed by atoms with van der Waals surface area (Å²) in [6, 6.07) is 22.4. The van der Waals surface area contributed by atoms with E-state index in [-0.39, 0.29) is 47.6 Å². The molecule has 3 aromatic carbocycles. The largest absolute Gasteiger partial charge is 0.507 e. The van der Waals surface area contributed by atoms with Crippen LogP contribution in [0.4, 0.5) is 11.4 Å². The van der Waals surface area contributed by atoms with E-state index in [1.807, 2.05) is 48.5 Å². The summed E-state index contributed by atoms with van der Waals surface area (Å²) in [5, 5.41) is 21.8. The third-order valence-electron chi connectivity index (χ3n) is 9.06. The van der Waals surface area contributed by atoms with Crippen LogP contribution in [0.15, 0.2) is 95.6 Å². The van der Waals surface area contributed by atoms with Crippen LogP contribution in [0.3, 0.4) is 0 Å². The van der Waals surface area contributed by atoms with Crippen LogP contribution in [0.5, 0.6) is 11.5 Å². The number of aromatic hydroxyl groups is 1. The zero-order valence-electron chi connectivity index (χ0n) is 25.1. The maximum atomic E-state index is 13.9. The zero-order chi connectivity index (χ0) is 31.5. The van der Waals surface area contributed by atoms with E-state index < -0.39 is 16.8 Å². The maximum Gasteiger partial charge on any atom is 0.271 e. The van der Waals surface area contributed by atoms with Crippen molar-refractivity contribution >= 4 is 29.3 Å². The first-order valence-electron chi connectivity index (χ1n) is 15.5. The Morgan fingerprint density at radius 1 is 1.02 bits per heavy atom. The number of carbonyl (C=O) groups excluding carboxylic acids is 2. The first-order chi connectivity index (χ1) is 21.9. The molecule has 45 heavy (non-hydrogen) atoms. The third kappa shape index (κ3) is 6.13. The van der Waals surface area contributed by atoms with Crippen molar-refractivity contribution in [1.29, 1.82) is 0 Å². The first kappa shape index (κ1) is 30.3. The second kappa shape index (κ2) is 13.1. The third-order valence-corrected chi connectivity index (χ3v) is 9.06. The number of fused-ring (bicyclic) bond motifs is 3. The fraction of sp³-hybridized carbons (Fsp3) is 0.333. The highest BCUT2D eigenvalue weighted by Gasteiger charge is 2.57. The van der Waals surface area contributed by atoms with Crippen molar-refractivity contribution in [3.05, 3.63) is 111 Å². The minimum atomic E-state index is -0.607. The highest BCUT2D eigenvalue weighted by atomic mass is 16.6. The number of hydrogen-bond donors (Lipinski definition) is 1. The van der Waals surface area contributed by atoms with Gasteiger partial charge in [-0.05, 0) is 61.1 Å². The number of ether oxygens (including phenoxy) is 2. The van der Waals surface area contributed by atoms with Crippen LogP contribution in [0, 0.1) is 27.9 Å². The fourth-order valence-corrected chi connectivity index (χ4v) is 7.03. The summed E-state index contributed by atoms with van der Waals surface area (Å²) < 4.78 is 12.6. The van der Waals surface area contributed by atoms with Crippen LogP contribution < -0.4 is 9.64 Å². The average Bonchev–Trinajstić information content (AvgIpc) is 3.58. The van der Waals surface area contributed by atoms with Gasteiger partial charge in [-0.1, -0.05) is 67.5 Å². The quantitative estimate of drug-likeness (QED) is 0.109. The van der Waals surface area contributed by atoms with Gasteiger partial charge in [0.25, 0.3) is 5.69 Å². The summed E-state index contributed by atoms with van der Waals surface area (Å²) in [6.45, 7) is 2.70. The molecule has 4 atom stereocenters. The normalized spacial score (nSPS) is 22.9. The molecule has 0 unspecified atom stereocenters. The molecule has 1 N–H and O–H groups in total. The minimum absolute atomic E-state index is 0.178. The lowest BCUT2D eigenvalue weighted by Crippen LogP contribution is -2.35. The molecule has 1 aliphatic carbocycles. The van der Waals surface area contributed by atoms with Gasteiger partial charge in [-0.15, -0.1) is 0 Å². The molecule has 2 amide bonds. The van der Waals surface area contributed by atoms with Gasteiger partial charge in [-0.2, -0.15) is 0 Å². The number of nitro benzene ring substituents is 1. The van der Waals surface area contributed by atoms with Gasteiger partial charge in [0, 0.05) is 23.6 Å². The van der Waals surface area contributed by atoms with Gasteiger partial charge < -0.3 is 14.6 Å². The van der Waals surface area contributed by atoms with E-state index in [9.17, 15) is 24.8 Å². The number of allylic oxidation sites excluding steroid dienone is 1. The summed E-state index contributed by atoms with van der Waals surface area (Å²) in [4.78, 5) is 39.8. The zero-order valence-corrected chi connectivity index (χ0v) is 25.1. The smallest absolute Gasteiger partial charge is 0.271 e. The van der Waals surface area contributed by atoms with Crippen LogP contribution in [0.1, 0.15) is 44.6 Å². The van der Waals surface area contributed by atoms with Gasteiger partial charge in [-0.3, -0.25) is 19.7 Å². The number of para-hydroxylation sites is 2. The van der Waals surface area contributed by atoms with E-state index in [1.54, 1.807) is 18.2 Å². The molecule has 0 spiro atoms. The Bertz CT molecular complexity index is 1660. The molecule has 0 aromatic heterocycles. The highest BCUT2D eigenvalue weighted by molar-refractivity contribution is 6.22. The Labute approximate surface area is 261 Å². The number of carbonyl (C=O) groups is 2. The summed E-state index contributed by atoms with van der Waals surface area (Å²) >= 11 is 0. The summed E-state index contributed by atoms with van der Waals surface area (Å²) in [6.07, 6.45) is 5.43. The second-order valence-corrected chi connectivity index (χ2v) is 11.9. The lowest BCUT2D eigenvalue weighted by molar-refractivity contribution is -0.384. The van der Waals surface area contributed by atoms with Crippen LogP contribution in [0.25, 0.3) is 6.08 Å². The van der Waals surface area contributed by atoms with Gasteiger partial charge >= 0.3 is 0 Å². The number of rotatable bonds is 11. The molecular formula is C36H36N2O7. The summed E-state index contributed by atoms with van der Waals surface area (Å²) in [7, 11) is 0. The van der Waals surface area contributed by atoms with Crippen molar-refractivity contribution in [3.63, 3.8) is 0 Å². The molecule has 2 aliphatic heterocycles. The number of non-ortho nitro benzene ring substituents is 1. The summed E-state index contributed by atoms with van der Waals surface area (Å²) in [5.74, 6) is -1.24. The Morgan fingerprint density at radius 3 is 2.56 bits per heavy atom. The van der Waals surface area contributed by atoms with Crippen molar-refractivity contribution in [2.24, 2.45) is 17.8 Å². The lowest BCUT2D eigenvalue weighted by atomic mass is 9.69. The van der Waals surface area contributed by atoms with Gasteiger partial charge in [-0.25, -0.2) is 4.90 Å². The monoisotopic (exact) mass is 608 g/mol. The number of nitro groups is 1. The molecule has 2 saturated heterocycles. The van der Waals surface area contributed by atoms with E-state index in [0.717, 1.165) is 40.9 Å². The number of benzene rings is 3. The molecule has 232 valence electrons. The Balaban J connectivity index is 1.30. The lowest BCUT2D eigenvalue weighted by Gasteiger charge is -2.31. The molecule has 3 aromatic rings. The number of anilines is 1. The maximum absolute atomic E-state index is 13.9. The van der Waals surface area contributed by atoms with Gasteiger partial charge in [0.2, 0.25) is 11.8 Å². The van der Waals surface area contributed by atoms with Crippen molar-refractivity contribution in [2.75, 3.05) is 18.1 Å². The van der Waals surface area contributed by atoms with Crippen LogP contribution in [0.2, 0.25) is 0 Å². The minimum Gasteiger partial charge on any atom is -0.507 e. The first-order valence-corrected chi connectivity index (χ1v) is 15.5. The molecule has 0 bridgehead atoms. The van der Waals surface area contributed by atoms with E-state index in [1.165, 1.54) is 23.8 Å². The molecule has 6 rings (SSSR count). The Kier molecular flexibility index (Phi) is 8.80. The topological polar surface area (TPSA) is 119 Å². The molecule has 9 heteroatoms. The second-order valence-electron chi connectivity index (χ2n) is 11.9. The fourth-order valence-electron chi connectivity index (χ4n) is 7.03. The predicted octanol–water partition coefficient (Wildman–Crippen LogP) is 6.86. The molecule has 9 nitrogen and oxygen atoms in total. The Morgan fingerprint density at radius 2 is 1.80 bits per heavy atom. The number of hydrogen-bond acceptors (Lipinski definition) is 7. The average molecular weight is 609 g/mol. The molecule has 0 saturated carbocycles.